The summed E-state index contributed by atoms with van der Waals surface area (Å²) >= 11 is 0. The van der Waals surface area contributed by atoms with Crippen molar-refractivity contribution in [3.8, 4) is 35.4 Å². The van der Waals surface area contributed by atoms with Crippen molar-refractivity contribution in [2.45, 2.75) is 185 Å². The lowest BCUT2D eigenvalue weighted by atomic mass is 9.85. The number of ether oxygens (including phenoxy) is 2. The average Bonchev–Trinajstić information content (AvgIpc) is 0.838. The van der Waals surface area contributed by atoms with Crippen molar-refractivity contribution in [2.75, 3.05) is 51.0 Å². The summed E-state index contributed by atoms with van der Waals surface area (Å²) in [6.07, 6.45) is 20.9. The maximum absolute atomic E-state index is 17.2. The molecule has 2 aromatic heterocycles. The third-order valence-electron chi connectivity index (χ3n) is 19.3. The fourth-order valence-corrected chi connectivity index (χ4v) is 14.4. The molecule has 0 spiro atoms. The fraction of sp³-hybridized carbons (Fsp3) is 0.536. The molecule has 21 heteroatoms. The summed E-state index contributed by atoms with van der Waals surface area (Å²) in [7, 11) is 0. The molecule has 6 aliphatic heterocycles. The summed E-state index contributed by atoms with van der Waals surface area (Å²) < 4.78 is 44.7. The first-order valence-corrected chi connectivity index (χ1v) is 32.3. The molecule has 5 fully saturated rings. The van der Waals surface area contributed by atoms with Gasteiger partial charge in [-0.25, -0.2) is 8.78 Å². The zero-order chi connectivity index (χ0) is 63.4. The monoisotopic (exact) mass is 1230 g/mol. The lowest BCUT2D eigenvalue weighted by molar-refractivity contribution is -0.150. The molecule has 0 aliphatic carbocycles. The van der Waals surface area contributed by atoms with Gasteiger partial charge in [0.25, 0.3) is 0 Å². The molecule has 0 saturated carbocycles. The maximum atomic E-state index is 17.2. The largest absolute Gasteiger partial charge is 0.508 e. The summed E-state index contributed by atoms with van der Waals surface area (Å²) in [4.78, 5) is 79.2. The molecule has 90 heavy (non-hydrogen) atoms. The van der Waals surface area contributed by atoms with Gasteiger partial charge in [-0.2, -0.15) is 9.97 Å². The van der Waals surface area contributed by atoms with E-state index in [-0.39, 0.29) is 114 Å². The highest BCUT2D eigenvalue weighted by Crippen LogP contribution is 2.44. The number of rotatable bonds is 24. The number of esters is 1. The van der Waals surface area contributed by atoms with Gasteiger partial charge < -0.3 is 45.4 Å². The number of aliphatic imine (C=N–C) groups is 1. The van der Waals surface area contributed by atoms with Crippen molar-refractivity contribution in [1.29, 1.82) is 0 Å². The van der Waals surface area contributed by atoms with Gasteiger partial charge in [-0.15, -0.1) is 6.42 Å². The molecule has 19 nitrogen and oxygen atoms in total. The van der Waals surface area contributed by atoms with Crippen molar-refractivity contribution in [2.24, 2.45) is 10.4 Å². The Hall–Kier alpha value is -7.64. The molecule has 11 rings (SSSR count). The van der Waals surface area contributed by atoms with Gasteiger partial charge in [0.15, 0.2) is 5.82 Å². The third-order valence-corrected chi connectivity index (χ3v) is 19.3. The SMILES string of the molecule is C#Cc1c(F)ccc2cc(O)cc(-c3ncc4c(N5CC6CCC(C5)N6)nc(OCC56CCCN5C(C(=O)OCNCCCCCCCCCC(=O)N[C@H](C(=O)N5C[C@H](O)C[C@H]5C(=O)N[C@@H](C)c5ccc(C7=C(C)N=CC7)cc5)C(C)(C)C)CC6)nc4c3F)c12. The number of hydrogen-bond acceptors (Lipinski definition) is 16. The van der Waals surface area contributed by atoms with Crippen molar-refractivity contribution >= 4 is 63.0 Å². The van der Waals surface area contributed by atoms with E-state index in [4.69, 9.17) is 20.9 Å². The minimum absolute atomic E-state index is 0.00768. The number of nitrogens with zero attached hydrogens (tertiary/aromatic N) is 7. The molecule has 6 N–H and O–H groups in total. The number of carbonyl (C=O) groups excluding carboxylic acids is 4. The number of anilines is 1. The Morgan fingerprint density at radius 1 is 0.922 bits per heavy atom. The predicted octanol–water partition coefficient (Wildman–Crippen LogP) is 8.91. The molecule has 478 valence electrons. The second kappa shape index (κ2) is 27.4. The van der Waals surface area contributed by atoms with Crippen molar-refractivity contribution in [1.82, 2.24) is 46.0 Å². The number of halogens is 2. The zero-order valence-electron chi connectivity index (χ0n) is 52.4. The maximum Gasteiger partial charge on any atom is 0.324 e. The number of β-amino-alcohol motifs (C(OH)–C–C–N with tert-alkyl or cyclic N) is 1. The number of benzene rings is 3. The summed E-state index contributed by atoms with van der Waals surface area (Å²) in [6.45, 7) is 12.5. The summed E-state index contributed by atoms with van der Waals surface area (Å²) in [5.74, 6) is 0.0347. The Balaban J connectivity index is 0.606. The van der Waals surface area contributed by atoms with E-state index in [1.54, 1.807) is 0 Å². The number of aliphatic hydroxyl groups is 1. The normalized spacial score (nSPS) is 22.9. The first-order chi connectivity index (χ1) is 43.3. The van der Waals surface area contributed by atoms with Gasteiger partial charge in [0.05, 0.1) is 28.6 Å². The number of aromatic nitrogens is 3. The number of allylic oxidation sites excluding steroid dienone is 2. The number of phenolic OH excluding ortho intramolecular Hbond substituents is 1. The Kier molecular flexibility index (Phi) is 19.5. The lowest BCUT2D eigenvalue weighted by Gasteiger charge is -2.35. The molecule has 5 aromatic rings. The molecule has 3 amide bonds. The number of hydrogen-bond donors (Lipinski definition) is 6. The van der Waals surface area contributed by atoms with Gasteiger partial charge in [0.1, 0.15) is 60.1 Å². The van der Waals surface area contributed by atoms with Crippen LogP contribution >= 0.6 is 0 Å². The minimum Gasteiger partial charge on any atom is -0.508 e. The number of pyridine rings is 1. The highest BCUT2D eigenvalue weighted by atomic mass is 19.1. The van der Waals surface area contributed by atoms with Crippen LogP contribution in [0.15, 0.2) is 65.4 Å². The van der Waals surface area contributed by atoms with E-state index in [1.165, 1.54) is 40.9 Å². The summed E-state index contributed by atoms with van der Waals surface area (Å²) in [5, 5.41) is 35.5. The number of aromatic hydroxyl groups is 1. The molecular formula is C69H85F2N11O8. The number of nitrogens with one attached hydrogen (secondary N) is 4. The molecule has 0 radical (unpaired) electrons. The van der Waals surface area contributed by atoms with Crippen LogP contribution in [-0.4, -0.2) is 153 Å². The van der Waals surface area contributed by atoms with Gasteiger partial charge >= 0.3 is 12.0 Å². The predicted molar refractivity (Wildman–Crippen MR) is 341 cm³/mol. The first kappa shape index (κ1) is 63.9. The first-order valence-electron chi connectivity index (χ1n) is 32.3. The number of aliphatic hydroxyl groups excluding tert-OH is 1. The smallest absolute Gasteiger partial charge is 0.324 e. The molecule has 8 heterocycles. The average molecular weight is 1230 g/mol. The van der Waals surface area contributed by atoms with E-state index in [0.29, 0.717) is 62.0 Å². The van der Waals surface area contributed by atoms with Crippen LogP contribution in [0.5, 0.6) is 11.8 Å². The van der Waals surface area contributed by atoms with Crippen LogP contribution in [0.25, 0.3) is 38.5 Å². The number of amides is 3. The summed E-state index contributed by atoms with van der Waals surface area (Å²) in [5.41, 5.74) is 2.91. The van der Waals surface area contributed by atoms with Crippen molar-refractivity contribution in [3.05, 3.63) is 88.7 Å². The van der Waals surface area contributed by atoms with E-state index in [9.17, 15) is 29.4 Å². The number of terminal acetylenes is 1. The Morgan fingerprint density at radius 2 is 1.67 bits per heavy atom. The van der Waals surface area contributed by atoms with Gasteiger partial charge in [-0.05, 0) is 124 Å². The highest BCUT2D eigenvalue weighted by molar-refractivity contribution is 6.03. The molecular weight excluding hydrogens is 1150 g/mol. The van der Waals surface area contributed by atoms with Crippen LogP contribution in [0.1, 0.15) is 160 Å². The topological polar surface area (TPSA) is 236 Å². The standard InChI is InChI=1S/C69H85F2N11O8/c1-7-50-54(70)24-21-45-32-48(83)33-52(58(45)50)60-59(71)61-53(35-74-60)63(80-36-46-22-23-47(37-80)76-46)79-67(78-61)89-39-69-27-15-31-82(69)55(25-28-69)66(88)90-40-72-29-14-12-10-8-9-11-13-16-57(85)77-62(68(4,5)6)65(87)81-38-49(84)34-56(81)64(86)75-41(2)43-17-19-44(20-18-43)51-26-30-73-42(51)3/h1,17-21,24,30,32-33,35,41,46-47,49,55-56,62,72,76,83-84H,8-16,22-23,25-29,31,34,36-40H2,2-6H3,(H,75,86)(H,77,85)/t41-,46?,47?,49+,55?,56-,62+,69?/m0/s1. The number of piperazine rings is 1. The van der Waals surface area contributed by atoms with Crippen LogP contribution in [0, 0.1) is 29.4 Å². The minimum atomic E-state index is -0.886. The Labute approximate surface area is 525 Å². The molecule has 5 saturated heterocycles. The van der Waals surface area contributed by atoms with Crippen LogP contribution in [0.4, 0.5) is 14.6 Å². The van der Waals surface area contributed by atoms with Crippen LogP contribution < -0.4 is 30.9 Å². The number of likely N-dealkylation sites (tertiary alicyclic amines) is 1. The highest BCUT2D eigenvalue weighted by Gasteiger charge is 2.53. The van der Waals surface area contributed by atoms with Gasteiger partial charge in [0, 0.05) is 80.0 Å². The van der Waals surface area contributed by atoms with Crippen LogP contribution in [0.2, 0.25) is 0 Å². The number of unbranched alkanes of at least 4 members (excludes halogenated alkanes) is 6. The van der Waals surface area contributed by atoms with E-state index >= 15 is 8.78 Å². The number of phenols is 1. The van der Waals surface area contributed by atoms with E-state index < -0.39 is 46.8 Å². The molecule has 2 bridgehead atoms. The van der Waals surface area contributed by atoms with E-state index in [1.807, 2.05) is 65.1 Å². The van der Waals surface area contributed by atoms with Gasteiger partial charge in [-0.3, -0.25) is 39.4 Å². The fourth-order valence-electron chi connectivity index (χ4n) is 14.4. The van der Waals surface area contributed by atoms with Crippen LogP contribution in [0.3, 0.4) is 0 Å². The zero-order valence-corrected chi connectivity index (χ0v) is 52.4. The van der Waals surface area contributed by atoms with E-state index in [0.717, 1.165) is 87.5 Å². The third kappa shape index (κ3) is 13.8. The van der Waals surface area contributed by atoms with Crippen molar-refractivity contribution < 1.29 is 47.6 Å². The number of fused-ring (bicyclic) bond motifs is 5. The lowest BCUT2D eigenvalue weighted by Crippen LogP contribution is -2.57. The molecule has 6 aliphatic rings. The van der Waals surface area contributed by atoms with Crippen molar-refractivity contribution in [3.63, 3.8) is 0 Å². The second-order valence-corrected chi connectivity index (χ2v) is 26.6. The van der Waals surface area contributed by atoms with Crippen LogP contribution in [-0.2, 0) is 23.9 Å². The quantitative estimate of drug-likeness (QED) is 0.0146. The Bertz CT molecular complexity index is 3610. The summed E-state index contributed by atoms with van der Waals surface area (Å²) in [6, 6.07) is 11.4. The van der Waals surface area contributed by atoms with E-state index in [2.05, 4.69) is 51.9 Å². The Morgan fingerprint density at radius 3 is 2.39 bits per heavy atom. The number of carbonyl (C=O) groups is 4. The molecule has 4 unspecified atom stereocenters. The second-order valence-electron chi connectivity index (χ2n) is 26.6. The molecule has 3 aromatic carbocycles. The van der Waals surface area contributed by atoms with Gasteiger partial charge in [0.2, 0.25) is 17.7 Å². The molecule has 8 atom stereocenters. The van der Waals surface area contributed by atoms with Gasteiger partial charge in [-0.1, -0.05) is 89.1 Å².